The molecule has 2 amide bonds. The third kappa shape index (κ3) is 5.34. The van der Waals surface area contributed by atoms with Gasteiger partial charge in [-0.15, -0.1) is 0 Å². The number of amides is 2. The molecule has 5 aromatic rings. The number of furan rings is 1. The molecule has 1 atom stereocenters. The maximum absolute atomic E-state index is 13.7. The van der Waals surface area contributed by atoms with E-state index in [4.69, 9.17) is 9.40 Å². The molecule has 7 nitrogen and oxygen atoms in total. The van der Waals surface area contributed by atoms with Crippen molar-refractivity contribution in [3.05, 3.63) is 129 Å². The lowest BCUT2D eigenvalue weighted by molar-refractivity contribution is 0.178. The standard InChI is InChI=1S/C29H25BrN4O3/c1-20(33(19-22-12-9-17-37-22)29(36)32-26-16-8-6-14-24(26)30)27-31-25-15-7-5-13-23(25)28(35)34(27)18-21-10-3-2-4-11-21/h2-17,20H,18-19H2,1H3,(H,32,36). The van der Waals surface area contributed by atoms with Gasteiger partial charge in [0.15, 0.2) is 0 Å². The van der Waals surface area contributed by atoms with Crippen molar-refractivity contribution in [2.75, 3.05) is 5.32 Å². The van der Waals surface area contributed by atoms with Crippen molar-refractivity contribution in [3.63, 3.8) is 0 Å². The number of para-hydroxylation sites is 2. The molecule has 0 aliphatic heterocycles. The molecule has 0 fully saturated rings. The van der Waals surface area contributed by atoms with E-state index in [-0.39, 0.29) is 18.1 Å². The fourth-order valence-corrected chi connectivity index (χ4v) is 4.65. The number of hydrogen-bond acceptors (Lipinski definition) is 4. The molecule has 0 saturated heterocycles. The Labute approximate surface area is 222 Å². The second-order valence-electron chi connectivity index (χ2n) is 8.66. The molecule has 2 aromatic heterocycles. The monoisotopic (exact) mass is 556 g/mol. The zero-order valence-electron chi connectivity index (χ0n) is 20.2. The summed E-state index contributed by atoms with van der Waals surface area (Å²) in [6.07, 6.45) is 1.57. The Morgan fingerprint density at radius 1 is 1.00 bits per heavy atom. The third-order valence-corrected chi connectivity index (χ3v) is 6.89. The van der Waals surface area contributed by atoms with Crippen LogP contribution in [-0.4, -0.2) is 20.5 Å². The normalized spacial score (nSPS) is 11.8. The predicted octanol–water partition coefficient (Wildman–Crippen LogP) is 6.60. The largest absolute Gasteiger partial charge is 0.467 e. The van der Waals surface area contributed by atoms with Gasteiger partial charge in [-0.2, -0.15) is 0 Å². The molecule has 0 aliphatic carbocycles. The van der Waals surface area contributed by atoms with E-state index in [1.165, 1.54) is 0 Å². The first-order valence-corrected chi connectivity index (χ1v) is 12.7. The summed E-state index contributed by atoms with van der Waals surface area (Å²) >= 11 is 3.49. The molecular formula is C29H25BrN4O3. The second kappa shape index (κ2) is 10.8. The van der Waals surface area contributed by atoms with Crippen LogP contribution in [0.2, 0.25) is 0 Å². The Bertz CT molecular complexity index is 1580. The summed E-state index contributed by atoms with van der Waals surface area (Å²) in [4.78, 5) is 33.9. The number of hydrogen-bond donors (Lipinski definition) is 1. The molecule has 1 unspecified atom stereocenters. The van der Waals surface area contributed by atoms with Gasteiger partial charge in [0.05, 0.1) is 42.0 Å². The van der Waals surface area contributed by atoms with Crippen LogP contribution in [-0.2, 0) is 13.1 Å². The first kappa shape index (κ1) is 24.5. The number of benzene rings is 3. The number of urea groups is 1. The van der Waals surface area contributed by atoms with Crippen LogP contribution in [0, 0.1) is 0 Å². The summed E-state index contributed by atoms with van der Waals surface area (Å²) in [5.74, 6) is 1.10. The van der Waals surface area contributed by atoms with Crippen molar-refractivity contribution in [2.24, 2.45) is 0 Å². The second-order valence-corrected chi connectivity index (χ2v) is 9.51. The minimum absolute atomic E-state index is 0.152. The van der Waals surface area contributed by atoms with Crippen LogP contribution in [0.1, 0.15) is 30.1 Å². The van der Waals surface area contributed by atoms with Crippen LogP contribution in [0.3, 0.4) is 0 Å². The van der Waals surface area contributed by atoms with Gasteiger partial charge >= 0.3 is 6.03 Å². The summed E-state index contributed by atoms with van der Waals surface area (Å²) in [6, 6.07) is 27.1. The van der Waals surface area contributed by atoms with Gasteiger partial charge in [-0.25, -0.2) is 9.78 Å². The number of anilines is 1. The lowest BCUT2D eigenvalue weighted by Crippen LogP contribution is -2.39. The smallest absolute Gasteiger partial charge is 0.322 e. The molecule has 0 bridgehead atoms. The van der Waals surface area contributed by atoms with Gasteiger partial charge in [-0.3, -0.25) is 9.36 Å². The van der Waals surface area contributed by atoms with Crippen molar-refractivity contribution in [2.45, 2.75) is 26.1 Å². The number of nitrogens with one attached hydrogen (secondary N) is 1. The van der Waals surface area contributed by atoms with Crippen LogP contribution < -0.4 is 10.9 Å². The van der Waals surface area contributed by atoms with Gasteiger partial charge < -0.3 is 14.6 Å². The number of carbonyl (C=O) groups is 1. The molecular weight excluding hydrogens is 532 g/mol. The van der Waals surface area contributed by atoms with Gasteiger partial charge in [0.1, 0.15) is 11.6 Å². The molecule has 3 aromatic carbocycles. The third-order valence-electron chi connectivity index (χ3n) is 6.20. The Hall–Kier alpha value is -4.17. The summed E-state index contributed by atoms with van der Waals surface area (Å²) in [6.45, 7) is 2.40. The highest BCUT2D eigenvalue weighted by Gasteiger charge is 2.28. The van der Waals surface area contributed by atoms with Gasteiger partial charge in [0.25, 0.3) is 5.56 Å². The number of fused-ring (bicyclic) bond motifs is 1. The molecule has 186 valence electrons. The van der Waals surface area contributed by atoms with E-state index in [2.05, 4.69) is 21.2 Å². The SMILES string of the molecule is CC(c1nc2ccccc2c(=O)n1Cc1ccccc1)N(Cc1ccco1)C(=O)Nc1ccccc1Br. The fraction of sp³-hybridized carbons (Fsp3) is 0.138. The number of halogens is 1. The first-order chi connectivity index (χ1) is 18.0. The lowest BCUT2D eigenvalue weighted by atomic mass is 10.1. The Kier molecular flexibility index (Phi) is 7.18. The minimum Gasteiger partial charge on any atom is -0.467 e. The van der Waals surface area contributed by atoms with Crippen LogP contribution in [0.25, 0.3) is 10.9 Å². The highest BCUT2D eigenvalue weighted by atomic mass is 79.9. The van der Waals surface area contributed by atoms with Crippen molar-refractivity contribution in [3.8, 4) is 0 Å². The maximum Gasteiger partial charge on any atom is 0.322 e. The zero-order valence-corrected chi connectivity index (χ0v) is 21.8. The molecule has 5 rings (SSSR count). The number of aromatic nitrogens is 2. The van der Waals surface area contributed by atoms with E-state index in [9.17, 15) is 9.59 Å². The first-order valence-electron chi connectivity index (χ1n) is 11.9. The van der Waals surface area contributed by atoms with Gasteiger partial charge in [0.2, 0.25) is 0 Å². The van der Waals surface area contributed by atoms with E-state index in [1.807, 2.05) is 85.8 Å². The maximum atomic E-state index is 13.7. The minimum atomic E-state index is -0.561. The van der Waals surface area contributed by atoms with Crippen LogP contribution >= 0.6 is 15.9 Å². The van der Waals surface area contributed by atoms with Gasteiger partial charge in [-0.1, -0.05) is 54.6 Å². The summed E-state index contributed by atoms with van der Waals surface area (Å²) in [7, 11) is 0. The van der Waals surface area contributed by atoms with E-state index in [1.54, 1.807) is 27.9 Å². The topological polar surface area (TPSA) is 80.4 Å². The van der Waals surface area contributed by atoms with E-state index < -0.39 is 6.04 Å². The molecule has 1 N–H and O–H groups in total. The summed E-state index contributed by atoms with van der Waals surface area (Å²) in [5.41, 5.74) is 2.03. The van der Waals surface area contributed by atoms with Crippen molar-refractivity contribution < 1.29 is 9.21 Å². The van der Waals surface area contributed by atoms with Gasteiger partial charge in [-0.05, 0) is 64.8 Å². The number of nitrogens with zero attached hydrogens (tertiary/aromatic N) is 3. The van der Waals surface area contributed by atoms with Crippen molar-refractivity contribution in [1.29, 1.82) is 0 Å². The number of carbonyl (C=O) groups excluding carboxylic acids is 1. The highest BCUT2D eigenvalue weighted by molar-refractivity contribution is 9.10. The van der Waals surface area contributed by atoms with Crippen LogP contribution in [0.4, 0.5) is 10.5 Å². The average Bonchev–Trinajstić information content (AvgIpc) is 3.44. The molecule has 0 spiro atoms. The summed E-state index contributed by atoms with van der Waals surface area (Å²) < 4.78 is 7.99. The Morgan fingerprint density at radius 3 is 2.49 bits per heavy atom. The molecule has 0 aliphatic rings. The van der Waals surface area contributed by atoms with Gasteiger partial charge in [0, 0.05) is 4.47 Å². The quantitative estimate of drug-likeness (QED) is 0.245. The van der Waals surface area contributed by atoms with Crippen molar-refractivity contribution >= 4 is 38.6 Å². The zero-order chi connectivity index (χ0) is 25.8. The molecule has 0 radical (unpaired) electrons. The molecule has 0 saturated carbocycles. The molecule has 8 heteroatoms. The fourth-order valence-electron chi connectivity index (χ4n) is 4.27. The van der Waals surface area contributed by atoms with Crippen LogP contribution in [0.15, 0.2) is 111 Å². The van der Waals surface area contributed by atoms with E-state index in [0.29, 0.717) is 34.7 Å². The van der Waals surface area contributed by atoms with Crippen molar-refractivity contribution in [1.82, 2.24) is 14.5 Å². The van der Waals surface area contributed by atoms with E-state index in [0.717, 1.165) is 10.0 Å². The lowest BCUT2D eigenvalue weighted by Gasteiger charge is -2.30. The Balaban J connectivity index is 1.60. The Morgan fingerprint density at radius 2 is 1.73 bits per heavy atom. The number of rotatable bonds is 7. The van der Waals surface area contributed by atoms with Crippen LogP contribution in [0.5, 0.6) is 0 Å². The molecule has 2 heterocycles. The highest BCUT2D eigenvalue weighted by Crippen LogP contribution is 2.26. The summed E-state index contributed by atoms with van der Waals surface area (Å²) in [5, 5.41) is 3.51. The average molecular weight is 557 g/mol. The molecule has 37 heavy (non-hydrogen) atoms. The van der Waals surface area contributed by atoms with E-state index >= 15 is 0 Å². The predicted molar refractivity (Wildman–Crippen MR) is 147 cm³/mol.